The quantitative estimate of drug-likeness (QED) is 0.443. The number of allylic oxidation sites excluding steroid dienone is 1. The summed E-state index contributed by atoms with van der Waals surface area (Å²) < 4.78 is 73.3. The van der Waals surface area contributed by atoms with Gasteiger partial charge in [0, 0.05) is 18.4 Å². The number of aromatic nitrogens is 3. The molecule has 0 aromatic carbocycles. The van der Waals surface area contributed by atoms with Crippen LogP contribution in [0.15, 0.2) is 18.5 Å². The highest BCUT2D eigenvalue weighted by Gasteiger charge is 2.36. The molecule has 7 nitrogen and oxygen atoms in total. The summed E-state index contributed by atoms with van der Waals surface area (Å²) in [6.45, 7) is 8.06. The number of fused-ring (bicyclic) bond motifs is 1. The molecule has 2 aromatic heterocycles. The van der Waals surface area contributed by atoms with Crippen LogP contribution >= 0.6 is 0 Å². The fourth-order valence-corrected chi connectivity index (χ4v) is 4.24. The van der Waals surface area contributed by atoms with Crippen molar-refractivity contribution in [3.05, 3.63) is 52.9 Å². The van der Waals surface area contributed by atoms with Gasteiger partial charge in [0.2, 0.25) is 0 Å². The van der Waals surface area contributed by atoms with Crippen molar-refractivity contribution in [3.8, 4) is 0 Å². The summed E-state index contributed by atoms with van der Waals surface area (Å²) in [5.41, 5.74) is -1.85. The van der Waals surface area contributed by atoms with Crippen molar-refractivity contribution >= 4 is 11.7 Å². The summed E-state index contributed by atoms with van der Waals surface area (Å²) in [6, 6.07) is -0.951. The molecule has 0 aliphatic carbocycles. The van der Waals surface area contributed by atoms with Gasteiger partial charge in [0.1, 0.15) is 12.3 Å². The van der Waals surface area contributed by atoms with Crippen LogP contribution in [0.5, 0.6) is 0 Å². The van der Waals surface area contributed by atoms with Crippen molar-refractivity contribution in [1.29, 1.82) is 0 Å². The van der Waals surface area contributed by atoms with Gasteiger partial charge in [0.15, 0.2) is 23.2 Å². The number of aliphatic hydroxyl groups is 1. The lowest BCUT2D eigenvalue weighted by Gasteiger charge is -2.32. The fraction of sp³-hybridized carbons (Fsp3) is 0.560. The maximum Gasteiger partial charge on any atom is 0.389 e. The molecule has 0 bridgehead atoms. The zero-order valence-corrected chi connectivity index (χ0v) is 21.3. The molecule has 1 aliphatic heterocycles. The Bertz CT molecular complexity index is 1160. The molecule has 12 heteroatoms. The Morgan fingerprint density at radius 3 is 2.43 bits per heavy atom. The summed E-state index contributed by atoms with van der Waals surface area (Å²) in [7, 11) is 0. The van der Waals surface area contributed by atoms with Crippen LogP contribution < -0.4 is 5.32 Å². The van der Waals surface area contributed by atoms with Crippen molar-refractivity contribution in [2.24, 2.45) is 5.41 Å². The monoisotopic (exact) mass is 530 g/mol. The number of aryl methyl sites for hydroxylation is 1. The molecule has 0 spiro atoms. The zero-order chi connectivity index (χ0) is 27.8. The topological polar surface area (TPSA) is 89.3 Å². The Labute approximate surface area is 211 Å². The van der Waals surface area contributed by atoms with E-state index in [1.165, 1.54) is 13.8 Å². The Morgan fingerprint density at radius 1 is 1.24 bits per heavy atom. The second-order valence-corrected chi connectivity index (χ2v) is 10.5. The number of imidazole rings is 1. The lowest BCUT2D eigenvalue weighted by molar-refractivity contribution is -0.136. The molecule has 1 atom stereocenters. The van der Waals surface area contributed by atoms with E-state index in [4.69, 9.17) is 4.74 Å². The van der Waals surface area contributed by atoms with Gasteiger partial charge in [-0.2, -0.15) is 13.2 Å². The molecule has 0 radical (unpaired) electrons. The van der Waals surface area contributed by atoms with Crippen LogP contribution in [-0.4, -0.2) is 43.4 Å². The highest BCUT2D eigenvalue weighted by atomic mass is 19.4. The average Bonchev–Trinajstić information content (AvgIpc) is 3.05. The van der Waals surface area contributed by atoms with Crippen molar-refractivity contribution in [1.82, 2.24) is 19.9 Å². The molecular formula is C25H31F5N4O3. The third-order valence-corrected chi connectivity index (χ3v) is 6.10. The van der Waals surface area contributed by atoms with E-state index in [0.717, 1.165) is 12.4 Å². The number of ether oxygens (including phenoxy) is 1. The van der Waals surface area contributed by atoms with Gasteiger partial charge in [0.25, 0.3) is 5.91 Å². The minimum Gasteiger partial charge on any atom is -0.485 e. The molecule has 2 N–H and O–H groups in total. The normalized spacial score (nSPS) is 16.1. The second kappa shape index (κ2) is 10.4. The summed E-state index contributed by atoms with van der Waals surface area (Å²) in [5.74, 6) is -1.84. The van der Waals surface area contributed by atoms with Gasteiger partial charge < -0.3 is 19.7 Å². The van der Waals surface area contributed by atoms with Gasteiger partial charge in [-0.15, -0.1) is 0 Å². The molecule has 0 saturated heterocycles. The molecular weight excluding hydrogens is 499 g/mol. The van der Waals surface area contributed by atoms with E-state index >= 15 is 0 Å². The first-order valence-corrected chi connectivity index (χ1v) is 11.8. The minimum atomic E-state index is -4.34. The Balaban J connectivity index is 1.87. The van der Waals surface area contributed by atoms with E-state index in [2.05, 4.69) is 15.3 Å². The van der Waals surface area contributed by atoms with Crippen LogP contribution in [0.1, 0.15) is 74.5 Å². The lowest BCUT2D eigenvalue weighted by Crippen LogP contribution is -2.50. The summed E-state index contributed by atoms with van der Waals surface area (Å²) in [5, 5.41) is 13.2. The summed E-state index contributed by atoms with van der Waals surface area (Å²) in [6.07, 6.45) is -2.22. The Morgan fingerprint density at radius 2 is 1.86 bits per heavy atom. The minimum absolute atomic E-state index is 0.0857. The van der Waals surface area contributed by atoms with Crippen molar-refractivity contribution in [2.45, 2.75) is 84.9 Å². The van der Waals surface area contributed by atoms with Gasteiger partial charge in [-0.3, -0.25) is 9.78 Å². The highest BCUT2D eigenvalue weighted by molar-refractivity contribution is 5.94. The first-order chi connectivity index (χ1) is 17.0. The van der Waals surface area contributed by atoms with Crippen LogP contribution in [0.2, 0.25) is 0 Å². The highest BCUT2D eigenvalue weighted by Crippen LogP contribution is 2.35. The smallest absolute Gasteiger partial charge is 0.389 e. The van der Waals surface area contributed by atoms with Crippen LogP contribution in [-0.2, 0) is 17.9 Å². The number of carbonyl (C=O) groups is 1. The SMILES string of the molecule is Cc1nc2n(c1C(=O)NC(CCCC(F)(F)F)C(C)(C)O)CC(C)(C)C=C2OCc1c(F)cncc1F. The third-order valence-electron chi connectivity index (χ3n) is 6.10. The van der Waals surface area contributed by atoms with E-state index in [1.54, 1.807) is 17.6 Å². The standard InChI is InChI=1S/C25H31F5N4O3/c1-14-20(22(35)33-19(24(4,5)36)7-6-8-25(28,29)30)34-13-23(2,3)9-18(21(34)32-14)37-12-15-16(26)10-31-11-17(15)27/h9-11,19,36H,6-8,12-13H2,1-5H3,(H,33,35). The number of alkyl halides is 3. The number of amides is 1. The van der Waals surface area contributed by atoms with Crippen LogP contribution in [0.3, 0.4) is 0 Å². The van der Waals surface area contributed by atoms with Crippen molar-refractivity contribution in [2.75, 3.05) is 0 Å². The Hall–Kier alpha value is -3.02. The van der Waals surface area contributed by atoms with E-state index < -0.39 is 53.8 Å². The molecule has 2 aromatic rings. The molecule has 3 rings (SSSR count). The van der Waals surface area contributed by atoms with E-state index in [0.29, 0.717) is 12.2 Å². The van der Waals surface area contributed by atoms with Gasteiger partial charge in [-0.25, -0.2) is 13.8 Å². The van der Waals surface area contributed by atoms with E-state index in [1.807, 2.05) is 13.8 Å². The molecule has 3 heterocycles. The second-order valence-electron chi connectivity index (χ2n) is 10.5. The van der Waals surface area contributed by atoms with E-state index in [-0.39, 0.29) is 35.7 Å². The van der Waals surface area contributed by atoms with Gasteiger partial charge >= 0.3 is 6.18 Å². The molecule has 204 valence electrons. The van der Waals surface area contributed by atoms with Crippen LogP contribution in [0.25, 0.3) is 5.76 Å². The lowest BCUT2D eigenvalue weighted by atomic mass is 9.90. The molecule has 0 fully saturated rings. The maximum atomic E-state index is 14.0. The first-order valence-electron chi connectivity index (χ1n) is 11.8. The maximum absolute atomic E-state index is 14.0. The number of hydrogen-bond acceptors (Lipinski definition) is 5. The summed E-state index contributed by atoms with van der Waals surface area (Å²) in [4.78, 5) is 21.2. The zero-order valence-electron chi connectivity index (χ0n) is 21.3. The summed E-state index contributed by atoms with van der Waals surface area (Å²) >= 11 is 0. The van der Waals surface area contributed by atoms with Crippen molar-refractivity contribution in [3.63, 3.8) is 0 Å². The third kappa shape index (κ3) is 7.06. The first kappa shape index (κ1) is 28.5. The van der Waals surface area contributed by atoms with Crippen molar-refractivity contribution < 1.29 is 36.6 Å². The van der Waals surface area contributed by atoms with Gasteiger partial charge in [-0.05, 0) is 39.7 Å². The molecule has 1 aliphatic rings. The number of hydrogen-bond donors (Lipinski definition) is 2. The number of rotatable bonds is 9. The number of pyridine rings is 1. The largest absolute Gasteiger partial charge is 0.485 e. The predicted molar refractivity (Wildman–Crippen MR) is 125 cm³/mol. The van der Waals surface area contributed by atoms with Crippen LogP contribution in [0, 0.1) is 24.0 Å². The fourth-order valence-electron chi connectivity index (χ4n) is 4.24. The van der Waals surface area contributed by atoms with Crippen LogP contribution in [0.4, 0.5) is 22.0 Å². The molecule has 37 heavy (non-hydrogen) atoms. The Kier molecular flexibility index (Phi) is 8.02. The molecule has 1 amide bonds. The number of halogens is 5. The number of nitrogens with zero attached hydrogens (tertiary/aromatic N) is 3. The predicted octanol–water partition coefficient (Wildman–Crippen LogP) is 5.06. The average molecular weight is 531 g/mol. The number of carbonyl (C=O) groups excluding carboxylic acids is 1. The van der Waals surface area contributed by atoms with Gasteiger partial charge in [-0.1, -0.05) is 13.8 Å². The molecule has 0 saturated carbocycles. The van der Waals surface area contributed by atoms with E-state index in [9.17, 15) is 31.9 Å². The molecule has 1 unspecified atom stereocenters. The number of nitrogens with one attached hydrogen (secondary N) is 1. The van der Waals surface area contributed by atoms with Gasteiger partial charge in [0.05, 0.1) is 35.3 Å².